The first-order valence-electron chi connectivity index (χ1n) is 7.44. The third-order valence-corrected chi connectivity index (χ3v) is 3.89. The molecule has 0 N–H and O–H groups in total. The SMILES string of the molecule is COc1cc(OC)cc(-c2nccc3cc(OC)c(OC)cc23)c1. The van der Waals surface area contributed by atoms with Gasteiger partial charge in [-0.25, -0.2) is 0 Å². The van der Waals surface area contributed by atoms with E-state index in [1.54, 1.807) is 34.6 Å². The van der Waals surface area contributed by atoms with Crippen LogP contribution in [0.1, 0.15) is 0 Å². The Morgan fingerprint density at radius 1 is 0.708 bits per heavy atom. The van der Waals surface area contributed by atoms with Crippen LogP contribution in [0.15, 0.2) is 42.6 Å². The molecular formula is C19H19NO4. The van der Waals surface area contributed by atoms with Gasteiger partial charge in [0.2, 0.25) is 0 Å². The van der Waals surface area contributed by atoms with Gasteiger partial charge in [0, 0.05) is 23.2 Å². The average Bonchev–Trinajstić information content (AvgIpc) is 2.65. The Morgan fingerprint density at radius 3 is 1.92 bits per heavy atom. The van der Waals surface area contributed by atoms with E-state index in [4.69, 9.17) is 18.9 Å². The van der Waals surface area contributed by atoms with Gasteiger partial charge in [0.05, 0.1) is 34.1 Å². The molecule has 0 unspecified atom stereocenters. The first kappa shape index (κ1) is 15.9. The Balaban J connectivity index is 2.26. The quantitative estimate of drug-likeness (QED) is 0.711. The fourth-order valence-electron chi connectivity index (χ4n) is 2.67. The van der Waals surface area contributed by atoms with Crippen LogP contribution in [0.2, 0.25) is 0 Å². The molecule has 0 saturated carbocycles. The highest BCUT2D eigenvalue weighted by Gasteiger charge is 2.13. The van der Waals surface area contributed by atoms with E-state index in [9.17, 15) is 0 Å². The van der Waals surface area contributed by atoms with Gasteiger partial charge in [0.25, 0.3) is 0 Å². The first-order chi connectivity index (χ1) is 11.7. The lowest BCUT2D eigenvalue weighted by atomic mass is 10.0. The van der Waals surface area contributed by atoms with E-state index in [1.807, 2.05) is 36.4 Å². The summed E-state index contributed by atoms with van der Waals surface area (Å²) in [6.07, 6.45) is 1.77. The molecule has 0 saturated heterocycles. The minimum atomic E-state index is 0.661. The summed E-state index contributed by atoms with van der Waals surface area (Å²) in [5.74, 6) is 2.77. The molecule has 0 spiro atoms. The van der Waals surface area contributed by atoms with Crippen LogP contribution in [0, 0.1) is 0 Å². The fraction of sp³-hybridized carbons (Fsp3) is 0.211. The van der Waals surface area contributed by atoms with Crippen molar-refractivity contribution in [1.29, 1.82) is 0 Å². The van der Waals surface area contributed by atoms with Crippen LogP contribution in [-0.2, 0) is 0 Å². The summed E-state index contributed by atoms with van der Waals surface area (Å²) in [5.41, 5.74) is 1.73. The zero-order valence-electron chi connectivity index (χ0n) is 14.1. The zero-order valence-corrected chi connectivity index (χ0v) is 14.1. The van der Waals surface area contributed by atoms with E-state index in [0.717, 1.165) is 22.0 Å². The van der Waals surface area contributed by atoms with Crippen LogP contribution in [0.4, 0.5) is 0 Å². The first-order valence-corrected chi connectivity index (χ1v) is 7.44. The molecule has 0 aliphatic carbocycles. The lowest BCUT2D eigenvalue weighted by Gasteiger charge is -2.13. The topological polar surface area (TPSA) is 49.8 Å². The van der Waals surface area contributed by atoms with Crippen molar-refractivity contribution in [3.8, 4) is 34.3 Å². The number of benzene rings is 2. The molecule has 124 valence electrons. The number of methoxy groups -OCH3 is 4. The van der Waals surface area contributed by atoms with Crippen LogP contribution in [-0.4, -0.2) is 33.4 Å². The molecule has 5 heteroatoms. The minimum Gasteiger partial charge on any atom is -0.497 e. The van der Waals surface area contributed by atoms with Crippen molar-refractivity contribution < 1.29 is 18.9 Å². The van der Waals surface area contributed by atoms with Gasteiger partial charge in [-0.2, -0.15) is 0 Å². The van der Waals surface area contributed by atoms with E-state index >= 15 is 0 Å². The van der Waals surface area contributed by atoms with Crippen molar-refractivity contribution in [3.05, 3.63) is 42.6 Å². The van der Waals surface area contributed by atoms with Crippen LogP contribution >= 0.6 is 0 Å². The minimum absolute atomic E-state index is 0.661. The number of rotatable bonds is 5. The van der Waals surface area contributed by atoms with Crippen molar-refractivity contribution in [1.82, 2.24) is 4.98 Å². The number of aromatic nitrogens is 1. The molecule has 1 heterocycles. The monoisotopic (exact) mass is 325 g/mol. The number of fused-ring (bicyclic) bond motifs is 1. The molecule has 0 atom stereocenters. The maximum Gasteiger partial charge on any atom is 0.161 e. The summed E-state index contributed by atoms with van der Waals surface area (Å²) in [4.78, 5) is 4.55. The number of hydrogen-bond donors (Lipinski definition) is 0. The number of pyridine rings is 1. The molecule has 0 aliphatic heterocycles. The Bertz CT molecular complexity index is 854. The summed E-state index contributed by atoms with van der Waals surface area (Å²) < 4.78 is 21.5. The molecule has 0 amide bonds. The van der Waals surface area contributed by atoms with E-state index in [0.29, 0.717) is 23.0 Å². The van der Waals surface area contributed by atoms with Crippen molar-refractivity contribution >= 4 is 10.8 Å². The summed E-state index contributed by atoms with van der Waals surface area (Å²) in [7, 11) is 6.50. The fourth-order valence-corrected chi connectivity index (χ4v) is 2.67. The second-order valence-electron chi connectivity index (χ2n) is 5.19. The molecule has 0 bridgehead atoms. The summed E-state index contributed by atoms with van der Waals surface area (Å²) in [6.45, 7) is 0. The Labute approximate surface area is 140 Å². The molecule has 3 rings (SSSR count). The molecule has 24 heavy (non-hydrogen) atoms. The third kappa shape index (κ3) is 2.80. The van der Waals surface area contributed by atoms with Gasteiger partial charge in [-0.1, -0.05) is 0 Å². The van der Waals surface area contributed by atoms with Gasteiger partial charge < -0.3 is 18.9 Å². The largest absolute Gasteiger partial charge is 0.497 e. The Kier molecular flexibility index (Phi) is 4.42. The Hall–Kier alpha value is -2.95. The predicted molar refractivity (Wildman–Crippen MR) is 93.4 cm³/mol. The second kappa shape index (κ2) is 6.66. The average molecular weight is 325 g/mol. The van der Waals surface area contributed by atoms with Gasteiger partial charge in [-0.3, -0.25) is 4.98 Å². The van der Waals surface area contributed by atoms with Gasteiger partial charge in [-0.15, -0.1) is 0 Å². The molecule has 5 nitrogen and oxygen atoms in total. The molecule has 2 aromatic carbocycles. The number of ether oxygens (including phenoxy) is 4. The zero-order chi connectivity index (χ0) is 17.1. The Morgan fingerprint density at radius 2 is 1.33 bits per heavy atom. The maximum absolute atomic E-state index is 5.42. The summed E-state index contributed by atoms with van der Waals surface area (Å²) >= 11 is 0. The molecule has 0 aliphatic rings. The van der Waals surface area contributed by atoms with Crippen LogP contribution in [0.3, 0.4) is 0 Å². The van der Waals surface area contributed by atoms with E-state index < -0.39 is 0 Å². The molecule has 0 radical (unpaired) electrons. The summed E-state index contributed by atoms with van der Waals surface area (Å²) in [6, 6.07) is 11.5. The van der Waals surface area contributed by atoms with Crippen LogP contribution < -0.4 is 18.9 Å². The standard InChI is InChI=1S/C19H19NO4/c1-21-14-7-13(8-15(10-14)22-2)19-16-11-18(24-4)17(23-3)9-12(16)5-6-20-19/h5-11H,1-4H3. The van der Waals surface area contributed by atoms with E-state index in [2.05, 4.69) is 4.98 Å². The van der Waals surface area contributed by atoms with Gasteiger partial charge in [0.1, 0.15) is 11.5 Å². The highest BCUT2D eigenvalue weighted by atomic mass is 16.5. The van der Waals surface area contributed by atoms with Gasteiger partial charge >= 0.3 is 0 Å². The van der Waals surface area contributed by atoms with Crippen molar-refractivity contribution in [2.24, 2.45) is 0 Å². The lowest BCUT2D eigenvalue weighted by molar-refractivity contribution is 0.356. The highest BCUT2D eigenvalue weighted by molar-refractivity contribution is 5.96. The molecule has 0 fully saturated rings. The van der Waals surface area contributed by atoms with Gasteiger partial charge in [-0.05, 0) is 35.7 Å². The summed E-state index contributed by atoms with van der Waals surface area (Å²) in [5, 5.41) is 1.98. The van der Waals surface area contributed by atoms with Crippen LogP contribution in [0.5, 0.6) is 23.0 Å². The molecule has 1 aromatic heterocycles. The van der Waals surface area contributed by atoms with E-state index in [-0.39, 0.29) is 0 Å². The van der Waals surface area contributed by atoms with Crippen molar-refractivity contribution in [2.45, 2.75) is 0 Å². The normalized spacial score (nSPS) is 10.5. The van der Waals surface area contributed by atoms with Crippen molar-refractivity contribution in [3.63, 3.8) is 0 Å². The number of nitrogens with zero attached hydrogens (tertiary/aromatic N) is 1. The van der Waals surface area contributed by atoms with Gasteiger partial charge in [0.15, 0.2) is 11.5 Å². The molecular weight excluding hydrogens is 306 g/mol. The van der Waals surface area contributed by atoms with Crippen molar-refractivity contribution in [2.75, 3.05) is 28.4 Å². The predicted octanol–water partition coefficient (Wildman–Crippen LogP) is 3.94. The van der Waals surface area contributed by atoms with Crippen LogP contribution in [0.25, 0.3) is 22.0 Å². The smallest absolute Gasteiger partial charge is 0.161 e. The lowest BCUT2D eigenvalue weighted by Crippen LogP contribution is -1.94. The number of hydrogen-bond acceptors (Lipinski definition) is 5. The second-order valence-corrected chi connectivity index (χ2v) is 5.19. The van der Waals surface area contributed by atoms with E-state index in [1.165, 1.54) is 0 Å². The maximum atomic E-state index is 5.42. The molecule has 3 aromatic rings. The third-order valence-electron chi connectivity index (χ3n) is 3.89. The highest BCUT2D eigenvalue weighted by Crippen LogP contribution is 2.37.